The first kappa shape index (κ1) is 17.5. The van der Waals surface area contributed by atoms with Crippen molar-refractivity contribution in [1.82, 2.24) is 15.3 Å². The van der Waals surface area contributed by atoms with Crippen LogP contribution < -0.4 is 10.9 Å². The maximum absolute atomic E-state index is 13.4. The van der Waals surface area contributed by atoms with Crippen LogP contribution in [0, 0.1) is 12.7 Å². The minimum atomic E-state index is -0.471. The molecule has 5 nitrogen and oxygen atoms in total. The summed E-state index contributed by atoms with van der Waals surface area (Å²) in [5.41, 5.74) is 1.44. The predicted molar refractivity (Wildman–Crippen MR) is 96.3 cm³/mol. The van der Waals surface area contributed by atoms with E-state index in [9.17, 15) is 14.0 Å². The van der Waals surface area contributed by atoms with Crippen molar-refractivity contribution in [3.05, 3.63) is 99.5 Å². The van der Waals surface area contributed by atoms with Crippen LogP contribution in [0.4, 0.5) is 4.39 Å². The second-order valence-corrected chi connectivity index (χ2v) is 5.97. The van der Waals surface area contributed by atoms with Crippen molar-refractivity contribution in [2.45, 2.75) is 19.4 Å². The standard InChI is InChI=1S/C20H18FN3O2/c1-13-22-17(12-19(25)23-13)11-18(14-6-3-2-4-7-14)24-20(26)15-8-5-9-16(21)10-15/h2-10,12,18H,11H2,1H3,(H,24,26)(H,22,23,25). The molecule has 0 radical (unpaired) electrons. The van der Waals surface area contributed by atoms with Gasteiger partial charge in [-0.1, -0.05) is 36.4 Å². The van der Waals surface area contributed by atoms with Crippen LogP contribution in [0.2, 0.25) is 0 Å². The minimum Gasteiger partial charge on any atom is -0.345 e. The normalized spacial score (nSPS) is 11.8. The van der Waals surface area contributed by atoms with Gasteiger partial charge >= 0.3 is 0 Å². The Morgan fingerprint density at radius 1 is 1.15 bits per heavy atom. The van der Waals surface area contributed by atoms with E-state index in [1.54, 1.807) is 13.0 Å². The minimum absolute atomic E-state index is 0.237. The number of hydrogen-bond donors (Lipinski definition) is 2. The van der Waals surface area contributed by atoms with Gasteiger partial charge in [0.15, 0.2) is 0 Å². The monoisotopic (exact) mass is 351 g/mol. The van der Waals surface area contributed by atoms with Crippen LogP contribution in [0.5, 0.6) is 0 Å². The van der Waals surface area contributed by atoms with Gasteiger partial charge in [-0.25, -0.2) is 9.37 Å². The molecule has 0 bridgehead atoms. The number of nitrogens with one attached hydrogen (secondary N) is 2. The first-order chi connectivity index (χ1) is 12.5. The number of H-pyrrole nitrogens is 1. The molecule has 3 rings (SSSR count). The fourth-order valence-corrected chi connectivity index (χ4v) is 2.76. The molecule has 6 heteroatoms. The van der Waals surface area contributed by atoms with Crippen molar-refractivity contribution < 1.29 is 9.18 Å². The summed E-state index contributed by atoms with van der Waals surface area (Å²) >= 11 is 0. The third-order valence-corrected chi connectivity index (χ3v) is 3.92. The fraction of sp³-hybridized carbons (Fsp3) is 0.150. The lowest BCUT2D eigenvalue weighted by Crippen LogP contribution is -2.30. The number of aryl methyl sites for hydroxylation is 1. The Labute approximate surface area is 149 Å². The van der Waals surface area contributed by atoms with E-state index in [4.69, 9.17) is 0 Å². The first-order valence-electron chi connectivity index (χ1n) is 8.19. The van der Waals surface area contributed by atoms with Gasteiger partial charge < -0.3 is 10.3 Å². The second-order valence-electron chi connectivity index (χ2n) is 5.97. The molecule has 0 aliphatic rings. The van der Waals surface area contributed by atoms with Crippen molar-refractivity contribution in [1.29, 1.82) is 0 Å². The molecule has 0 aliphatic heterocycles. The molecule has 0 fully saturated rings. The Hall–Kier alpha value is -3.28. The zero-order valence-corrected chi connectivity index (χ0v) is 14.2. The van der Waals surface area contributed by atoms with Gasteiger partial charge in [-0.15, -0.1) is 0 Å². The number of halogens is 1. The summed E-state index contributed by atoms with van der Waals surface area (Å²) in [4.78, 5) is 31.2. The average Bonchev–Trinajstić information content (AvgIpc) is 2.61. The number of aromatic nitrogens is 2. The number of amides is 1. The van der Waals surface area contributed by atoms with Gasteiger partial charge in [-0.2, -0.15) is 0 Å². The summed E-state index contributed by atoms with van der Waals surface area (Å²) in [5.74, 6) is -0.350. The lowest BCUT2D eigenvalue weighted by molar-refractivity contribution is 0.0936. The lowest BCUT2D eigenvalue weighted by Gasteiger charge is -2.19. The van der Waals surface area contributed by atoms with Gasteiger partial charge in [-0.3, -0.25) is 9.59 Å². The van der Waals surface area contributed by atoms with Crippen LogP contribution in [0.15, 0.2) is 65.5 Å². The van der Waals surface area contributed by atoms with E-state index in [2.05, 4.69) is 15.3 Å². The molecule has 2 N–H and O–H groups in total. The molecular weight excluding hydrogens is 333 g/mol. The molecule has 26 heavy (non-hydrogen) atoms. The van der Waals surface area contributed by atoms with Gasteiger partial charge in [0.2, 0.25) is 0 Å². The highest BCUT2D eigenvalue weighted by molar-refractivity contribution is 5.94. The number of rotatable bonds is 5. The third-order valence-electron chi connectivity index (χ3n) is 3.92. The molecule has 0 saturated heterocycles. The van der Waals surface area contributed by atoms with E-state index in [-0.39, 0.29) is 17.0 Å². The van der Waals surface area contributed by atoms with E-state index in [0.29, 0.717) is 17.9 Å². The quantitative estimate of drug-likeness (QED) is 0.742. The topological polar surface area (TPSA) is 74.8 Å². The van der Waals surface area contributed by atoms with Crippen LogP contribution in [0.1, 0.15) is 33.5 Å². The zero-order valence-electron chi connectivity index (χ0n) is 14.2. The Morgan fingerprint density at radius 2 is 1.92 bits per heavy atom. The number of carbonyl (C=O) groups excluding carboxylic acids is 1. The van der Waals surface area contributed by atoms with E-state index in [0.717, 1.165) is 5.56 Å². The number of benzene rings is 2. The van der Waals surface area contributed by atoms with Gasteiger partial charge in [0.1, 0.15) is 11.6 Å². The Balaban J connectivity index is 1.88. The van der Waals surface area contributed by atoms with Gasteiger partial charge in [0.05, 0.1) is 11.7 Å². The molecule has 1 aromatic heterocycles. The van der Waals surface area contributed by atoms with Crippen LogP contribution >= 0.6 is 0 Å². The molecule has 3 aromatic rings. The van der Waals surface area contributed by atoms with Gasteiger partial charge in [-0.05, 0) is 30.7 Å². The van der Waals surface area contributed by atoms with Crippen molar-refractivity contribution >= 4 is 5.91 Å². The van der Waals surface area contributed by atoms with Crippen LogP contribution in [-0.4, -0.2) is 15.9 Å². The van der Waals surface area contributed by atoms with Gasteiger partial charge in [0, 0.05) is 18.1 Å². The summed E-state index contributed by atoms with van der Waals surface area (Å²) in [6, 6.07) is 15.9. The predicted octanol–water partition coefficient (Wildman–Crippen LogP) is 2.93. The van der Waals surface area contributed by atoms with Crippen LogP contribution in [0.3, 0.4) is 0 Å². The molecule has 1 heterocycles. The molecule has 1 atom stereocenters. The Morgan fingerprint density at radius 3 is 2.62 bits per heavy atom. The molecular formula is C20H18FN3O2. The Kier molecular flexibility index (Phi) is 5.22. The van der Waals surface area contributed by atoms with E-state index in [1.165, 1.54) is 24.3 Å². The van der Waals surface area contributed by atoms with Crippen LogP contribution in [0.25, 0.3) is 0 Å². The van der Waals surface area contributed by atoms with Crippen LogP contribution in [-0.2, 0) is 6.42 Å². The molecule has 2 aromatic carbocycles. The number of hydrogen-bond acceptors (Lipinski definition) is 3. The SMILES string of the molecule is Cc1nc(CC(NC(=O)c2cccc(F)c2)c2ccccc2)cc(=O)[nH]1. The van der Waals surface area contributed by atoms with E-state index < -0.39 is 11.9 Å². The number of nitrogens with zero attached hydrogens (tertiary/aromatic N) is 1. The largest absolute Gasteiger partial charge is 0.345 e. The summed E-state index contributed by atoms with van der Waals surface area (Å²) in [6.07, 6.45) is 0.343. The van der Waals surface area contributed by atoms with E-state index >= 15 is 0 Å². The average molecular weight is 351 g/mol. The van der Waals surface area contributed by atoms with E-state index in [1.807, 2.05) is 30.3 Å². The summed E-state index contributed by atoms with van der Waals surface area (Å²) < 4.78 is 13.4. The smallest absolute Gasteiger partial charge is 0.251 e. The number of carbonyl (C=O) groups is 1. The fourth-order valence-electron chi connectivity index (χ4n) is 2.76. The van der Waals surface area contributed by atoms with Crippen molar-refractivity contribution in [3.63, 3.8) is 0 Å². The third kappa shape index (κ3) is 4.42. The van der Waals surface area contributed by atoms with Crippen molar-refractivity contribution in [2.24, 2.45) is 0 Å². The van der Waals surface area contributed by atoms with Crippen molar-refractivity contribution in [3.8, 4) is 0 Å². The highest BCUT2D eigenvalue weighted by Gasteiger charge is 2.18. The number of aromatic amines is 1. The maximum atomic E-state index is 13.4. The Bertz CT molecular complexity index is 970. The van der Waals surface area contributed by atoms with Crippen molar-refractivity contribution in [2.75, 3.05) is 0 Å². The summed E-state index contributed by atoms with van der Waals surface area (Å²) in [7, 11) is 0. The maximum Gasteiger partial charge on any atom is 0.251 e. The molecule has 1 unspecified atom stereocenters. The molecule has 0 spiro atoms. The molecule has 132 valence electrons. The highest BCUT2D eigenvalue weighted by Crippen LogP contribution is 2.18. The summed E-state index contributed by atoms with van der Waals surface area (Å²) in [6.45, 7) is 1.70. The molecule has 0 saturated carbocycles. The van der Waals surface area contributed by atoms with Gasteiger partial charge in [0.25, 0.3) is 11.5 Å². The molecule has 0 aliphatic carbocycles. The highest BCUT2D eigenvalue weighted by atomic mass is 19.1. The lowest BCUT2D eigenvalue weighted by atomic mass is 10.0. The second kappa shape index (κ2) is 7.74. The zero-order chi connectivity index (χ0) is 18.5. The molecule has 1 amide bonds. The summed E-state index contributed by atoms with van der Waals surface area (Å²) in [5, 5.41) is 2.91. The first-order valence-corrected chi connectivity index (χ1v) is 8.19.